The zero-order chi connectivity index (χ0) is 26.4. The molecule has 1 atom stereocenters. The molecule has 0 saturated carbocycles. The molecule has 0 aliphatic carbocycles. The summed E-state index contributed by atoms with van der Waals surface area (Å²) < 4.78 is 11.9. The summed E-state index contributed by atoms with van der Waals surface area (Å²) in [6.07, 6.45) is 1.50. The highest BCUT2D eigenvalue weighted by Crippen LogP contribution is 2.41. The number of nitrogens with one attached hydrogen (secondary N) is 3. The fourth-order valence-corrected chi connectivity index (χ4v) is 5.03. The minimum absolute atomic E-state index is 0.0600. The van der Waals surface area contributed by atoms with Crippen molar-refractivity contribution in [1.29, 1.82) is 5.26 Å². The van der Waals surface area contributed by atoms with Gasteiger partial charge in [0.15, 0.2) is 0 Å². The second kappa shape index (κ2) is 11.9. The fourth-order valence-electron chi connectivity index (χ4n) is 3.87. The Morgan fingerprint density at radius 3 is 2.57 bits per heavy atom. The molecule has 0 fully saturated rings. The lowest BCUT2D eigenvalue weighted by Gasteiger charge is -2.28. The molecular weight excluding hydrogens is 556 g/mol. The van der Waals surface area contributed by atoms with Crippen LogP contribution < -0.4 is 20.7 Å². The van der Waals surface area contributed by atoms with Crippen molar-refractivity contribution in [3.63, 3.8) is 0 Å². The van der Waals surface area contributed by atoms with Gasteiger partial charge in [-0.25, -0.2) is 0 Å². The van der Waals surface area contributed by atoms with E-state index in [9.17, 15) is 14.9 Å². The highest BCUT2D eigenvalue weighted by Gasteiger charge is 2.36. The minimum Gasteiger partial charge on any atom is -0.495 e. The molecule has 1 aromatic heterocycles. The number of furan rings is 1. The Bertz CT molecular complexity index is 1410. The van der Waals surface area contributed by atoms with Gasteiger partial charge in [-0.05, 0) is 55.5 Å². The summed E-state index contributed by atoms with van der Waals surface area (Å²) in [6, 6.07) is 20.0. The monoisotopic (exact) mass is 578 g/mol. The molecule has 8 nitrogen and oxygen atoms in total. The predicted octanol–water partition coefficient (Wildman–Crippen LogP) is 5.76. The SMILES string of the molecule is COc1ccccc1NC(=O)C1=C(C)NC(SCC(=O)Nc2ccc(Br)cc2)=C(C#N)[C@@H]1c1ccco1. The van der Waals surface area contributed by atoms with Crippen molar-refractivity contribution in [1.82, 2.24) is 5.32 Å². The second-order valence-corrected chi connectivity index (χ2v) is 9.87. The number of allylic oxidation sites excluding steroid dienone is 2. The first-order valence-electron chi connectivity index (χ1n) is 11.2. The zero-order valence-corrected chi connectivity index (χ0v) is 22.4. The van der Waals surface area contributed by atoms with Crippen molar-refractivity contribution in [3.05, 3.63) is 99.0 Å². The zero-order valence-electron chi connectivity index (χ0n) is 20.0. The fraction of sp³-hybridized carbons (Fsp3) is 0.148. The van der Waals surface area contributed by atoms with Gasteiger partial charge in [0.25, 0.3) is 5.91 Å². The number of nitrogens with zero attached hydrogens (tertiary/aromatic N) is 1. The molecule has 10 heteroatoms. The maximum Gasteiger partial charge on any atom is 0.254 e. The normalized spacial score (nSPS) is 15.0. The van der Waals surface area contributed by atoms with Crippen molar-refractivity contribution < 1.29 is 18.7 Å². The molecule has 0 saturated heterocycles. The van der Waals surface area contributed by atoms with Crippen molar-refractivity contribution in [2.24, 2.45) is 0 Å². The minimum atomic E-state index is -0.756. The molecule has 4 rings (SSSR count). The predicted molar refractivity (Wildman–Crippen MR) is 147 cm³/mol. The Labute approximate surface area is 226 Å². The molecule has 2 amide bonds. The Hall–Kier alpha value is -3.94. The van der Waals surface area contributed by atoms with Crippen molar-refractivity contribution in [2.75, 3.05) is 23.5 Å². The number of carbonyl (C=O) groups is 2. The average Bonchev–Trinajstić information content (AvgIpc) is 3.43. The highest BCUT2D eigenvalue weighted by atomic mass is 79.9. The number of para-hydroxylation sites is 2. The lowest BCUT2D eigenvalue weighted by molar-refractivity contribution is -0.114. The van der Waals surface area contributed by atoms with Crippen LogP contribution in [0.3, 0.4) is 0 Å². The molecule has 3 N–H and O–H groups in total. The number of amides is 2. The summed E-state index contributed by atoms with van der Waals surface area (Å²) in [5, 5.41) is 19.5. The van der Waals surface area contributed by atoms with Crippen LogP contribution in [0.2, 0.25) is 0 Å². The number of methoxy groups -OCH3 is 1. The van der Waals surface area contributed by atoms with Gasteiger partial charge in [0.05, 0.1) is 53.0 Å². The van der Waals surface area contributed by atoms with Gasteiger partial charge in [-0.1, -0.05) is 39.8 Å². The van der Waals surface area contributed by atoms with E-state index in [1.54, 1.807) is 55.5 Å². The molecule has 2 aromatic carbocycles. The summed E-state index contributed by atoms with van der Waals surface area (Å²) in [7, 11) is 1.52. The maximum atomic E-state index is 13.5. The summed E-state index contributed by atoms with van der Waals surface area (Å²) in [4.78, 5) is 26.1. The number of anilines is 2. The van der Waals surface area contributed by atoms with Gasteiger partial charge < -0.3 is 25.1 Å². The molecule has 1 aliphatic heterocycles. The molecule has 0 unspecified atom stereocenters. The first-order valence-corrected chi connectivity index (χ1v) is 13.0. The standard InChI is InChI=1S/C27H23BrN4O4S/c1-16-24(26(34)32-20-6-3-4-7-21(20)35-2)25(22-8-5-13-36-22)19(14-29)27(30-16)37-15-23(33)31-18-11-9-17(28)10-12-18/h3-13,25,30H,15H2,1-2H3,(H,31,33)(H,32,34)/t25-/m1/s1. The van der Waals surface area contributed by atoms with Crippen LogP contribution in [-0.2, 0) is 9.59 Å². The van der Waals surface area contributed by atoms with Gasteiger partial charge >= 0.3 is 0 Å². The highest BCUT2D eigenvalue weighted by molar-refractivity contribution is 9.10. The quantitative estimate of drug-likeness (QED) is 0.311. The number of nitriles is 1. The van der Waals surface area contributed by atoms with Crippen molar-refractivity contribution in [3.8, 4) is 11.8 Å². The van der Waals surface area contributed by atoms with Gasteiger partial charge in [-0.2, -0.15) is 5.26 Å². The van der Waals surface area contributed by atoms with Crippen LogP contribution in [0.25, 0.3) is 0 Å². The van der Waals surface area contributed by atoms with Gasteiger partial charge in [-0.3, -0.25) is 9.59 Å². The maximum absolute atomic E-state index is 13.5. The van der Waals surface area contributed by atoms with E-state index in [1.165, 1.54) is 25.1 Å². The third-order valence-corrected chi connectivity index (χ3v) is 7.10. The molecule has 1 aliphatic rings. The molecule has 0 bridgehead atoms. The van der Waals surface area contributed by atoms with E-state index in [4.69, 9.17) is 9.15 Å². The first-order chi connectivity index (χ1) is 17.9. The van der Waals surface area contributed by atoms with Crippen LogP contribution in [0.5, 0.6) is 5.75 Å². The van der Waals surface area contributed by atoms with Crippen LogP contribution in [0.4, 0.5) is 11.4 Å². The number of ether oxygens (including phenoxy) is 1. The van der Waals surface area contributed by atoms with Crippen LogP contribution in [-0.4, -0.2) is 24.7 Å². The topological polar surface area (TPSA) is 116 Å². The number of thioether (sulfide) groups is 1. The summed E-state index contributed by atoms with van der Waals surface area (Å²) >= 11 is 4.55. The molecule has 188 valence electrons. The number of hydrogen-bond donors (Lipinski definition) is 3. The van der Waals surface area contributed by atoms with E-state index in [2.05, 4.69) is 37.9 Å². The molecular formula is C27H23BrN4O4S. The van der Waals surface area contributed by atoms with E-state index < -0.39 is 11.8 Å². The molecule has 2 heterocycles. The van der Waals surface area contributed by atoms with Crippen LogP contribution in [0.15, 0.2) is 97.7 Å². The lowest BCUT2D eigenvalue weighted by atomic mass is 9.85. The summed E-state index contributed by atoms with van der Waals surface area (Å²) in [5.74, 6) is -0.371. The van der Waals surface area contributed by atoms with E-state index in [0.29, 0.717) is 39.2 Å². The van der Waals surface area contributed by atoms with E-state index in [1.807, 2.05) is 12.1 Å². The summed E-state index contributed by atoms with van der Waals surface area (Å²) in [6.45, 7) is 1.75. The number of dihydropyridines is 1. The van der Waals surface area contributed by atoms with Crippen molar-refractivity contribution >= 4 is 50.9 Å². The number of hydrogen-bond acceptors (Lipinski definition) is 7. The van der Waals surface area contributed by atoms with Gasteiger partial charge in [0.1, 0.15) is 11.5 Å². The van der Waals surface area contributed by atoms with Crippen LogP contribution >= 0.6 is 27.7 Å². The molecule has 37 heavy (non-hydrogen) atoms. The largest absolute Gasteiger partial charge is 0.495 e. The lowest BCUT2D eigenvalue weighted by Crippen LogP contribution is -2.31. The van der Waals surface area contributed by atoms with Crippen LogP contribution in [0.1, 0.15) is 18.6 Å². The molecule has 0 radical (unpaired) electrons. The third kappa shape index (κ3) is 6.07. The Kier molecular flexibility index (Phi) is 8.38. The van der Waals surface area contributed by atoms with E-state index in [-0.39, 0.29) is 17.2 Å². The average molecular weight is 579 g/mol. The Morgan fingerprint density at radius 1 is 1.14 bits per heavy atom. The molecule has 0 spiro atoms. The van der Waals surface area contributed by atoms with Gasteiger partial charge in [0.2, 0.25) is 5.91 Å². The Balaban J connectivity index is 1.59. The second-order valence-electron chi connectivity index (χ2n) is 7.96. The smallest absolute Gasteiger partial charge is 0.254 e. The number of carbonyl (C=O) groups excluding carboxylic acids is 2. The van der Waals surface area contributed by atoms with E-state index >= 15 is 0 Å². The Morgan fingerprint density at radius 2 is 1.89 bits per heavy atom. The van der Waals surface area contributed by atoms with Crippen molar-refractivity contribution in [2.45, 2.75) is 12.8 Å². The van der Waals surface area contributed by atoms with Gasteiger partial charge in [-0.15, -0.1) is 0 Å². The van der Waals surface area contributed by atoms with Crippen LogP contribution in [0, 0.1) is 11.3 Å². The van der Waals surface area contributed by atoms with Gasteiger partial charge in [0, 0.05) is 15.9 Å². The first kappa shape index (κ1) is 26.1. The van der Waals surface area contributed by atoms with E-state index in [0.717, 1.165) is 4.47 Å². The number of rotatable bonds is 8. The summed E-state index contributed by atoms with van der Waals surface area (Å²) in [5.41, 5.74) is 2.33. The number of halogens is 1. The number of benzene rings is 2. The third-order valence-electron chi connectivity index (χ3n) is 5.55. The molecule has 3 aromatic rings.